The van der Waals surface area contributed by atoms with Gasteiger partial charge in [0, 0.05) is 0 Å². The third kappa shape index (κ3) is 10.5. The fourth-order valence-corrected chi connectivity index (χ4v) is 4.17. The van der Waals surface area contributed by atoms with Gasteiger partial charge in [0.05, 0.1) is 0 Å². The summed E-state index contributed by atoms with van der Waals surface area (Å²) in [5.74, 6) is 0.593. The van der Waals surface area contributed by atoms with Crippen molar-refractivity contribution in [1.29, 1.82) is 0 Å². The molecule has 0 aliphatic heterocycles. The molecule has 0 fully saturated rings. The van der Waals surface area contributed by atoms with Crippen molar-refractivity contribution in [2.45, 2.75) is 129 Å². The maximum atomic E-state index is 4.41. The molecule has 0 N–H and O–H groups in total. The molecule has 0 atom stereocenters. The highest BCUT2D eigenvalue weighted by Crippen LogP contribution is 2.33. The number of hydrogen-bond donors (Lipinski definition) is 0. The molecular formula is C28H48. The van der Waals surface area contributed by atoms with Gasteiger partial charge in [-0.2, -0.15) is 0 Å². The van der Waals surface area contributed by atoms with Crippen LogP contribution in [-0.4, -0.2) is 0 Å². The Morgan fingerprint density at radius 1 is 0.857 bits per heavy atom. The predicted octanol–water partition coefficient (Wildman–Crippen LogP) is 9.73. The Morgan fingerprint density at radius 3 is 1.93 bits per heavy atom. The lowest BCUT2D eigenvalue weighted by molar-refractivity contribution is 0.502. The summed E-state index contributed by atoms with van der Waals surface area (Å²) in [5.41, 5.74) is 4.51. The zero-order valence-corrected chi connectivity index (χ0v) is 19.8. The Labute approximate surface area is 177 Å². The maximum Gasteiger partial charge on any atom is -0.00664 e. The number of allylic oxidation sites excluding steroid dienone is 1. The van der Waals surface area contributed by atoms with Gasteiger partial charge in [-0.05, 0) is 41.7 Å². The van der Waals surface area contributed by atoms with E-state index in [0.29, 0.717) is 5.92 Å². The van der Waals surface area contributed by atoms with Crippen LogP contribution in [0.5, 0.6) is 0 Å². The van der Waals surface area contributed by atoms with E-state index in [-0.39, 0.29) is 5.41 Å². The molecule has 0 saturated carbocycles. The zero-order valence-electron chi connectivity index (χ0n) is 19.8. The molecule has 0 bridgehead atoms. The summed E-state index contributed by atoms with van der Waals surface area (Å²) in [7, 11) is 0. The minimum absolute atomic E-state index is 0.180. The molecule has 0 aromatic heterocycles. The van der Waals surface area contributed by atoms with Crippen molar-refractivity contribution in [2.24, 2.45) is 0 Å². The highest BCUT2D eigenvalue weighted by molar-refractivity contribution is 5.32. The molecule has 28 heavy (non-hydrogen) atoms. The van der Waals surface area contributed by atoms with E-state index in [9.17, 15) is 0 Å². The average molecular weight is 385 g/mol. The first kappa shape index (κ1) is 25.0. The first-order valence-corrected chi connectivity index (χ1v) is 12.1. The average Bonchev–Trinajstić information content (AvgIpc) is 2.65. The molecule has 0 heteroatoms. The monoisotopic (exact) mass is 384 g/mol. The zero-order chi connectivity index (χ0) is 20.8. The number of rotatable bonds is 16. The van der Waals surface area contributed by atoms with Crippen molar-refractivity contribution in [2.75, 3.05) is 0 Å². The standard InChI is InChI=1S/C28H48/c1-7-8-9-10-11-12-13-14-15-16-17-19-25(4)23-28(5,6)27-21-18-20-26(22-27)24(2)3/h18,20-22,24H,4,7-17,19,23H2,1-3,5-6H3. The summed E-state index contributed by atoms with van der Waals surface area (Å²) in [6.45, 7) is 16.0. The molecule has 0 spiro atoms. The Kier molecular flexibility index (Phi) is 12.5. The lowest BCUT2D eigenvalue weighted by Crippen LogP contribution is -2.18. The third-order valence-electron chi connectivity index (χ3n) is 6.16. The van der Waals surface area contributed by atoms with Gasteiger partial charge in [0.15, 0.2) is 0 Å². The summed E-state index contributed by atoms with van der Waals surface area (Å²) in [5, 5.41) is 0. The molecule has 0 heterocycles. The summed E-state index contributed by atoms with van der Waals surface area (Å²) in [6, 6.07) is 9.17. The topological polar surface area (TPSA) is 0 Å². The minimum atomic E-state index is 0.180. The van der Waals surface area contributed by atoms with Crippen LogP contribution < -0.4 is 0 Å². The number of unbranched alkanes of at least 4 members (excludes halogenated alkanes) is 10. The van der Waals surface area contributed by atoms with Crippen LogP contribution in [0.2, 0.25) is 0 Å². The summed E-state index contributed by atoms with van der Waals surface area (Å²) < 4.78 is 0. The van der Waals surface area contributed by atoms with Crippen molar-refractivity contribution in [1.82, 2.24) is 0 Å². The van der Waals surface area contributed by atoms with Crippen LogP contribution in [0.1, 0.15) is 135 Å². The SMILES string of the molecule is C=C(CCCCCCCCCCCCC)CC(C)(C)c1cccc(C(C)C)c1. The predicted molar refractivity (Wildman–Crippen MR) is 128 cm³/mol. The van der Waals surface area contributed by atoms with Gasteiger partial charge in [0.25, 0.3) is 0 Å². The van der Waals surface area contributed by atoms with Gasteiger partial charge < -0.3 is 0 Å². The largest absolute Gasteiger partial charge is 0.0998 e. The van der Waals surface area contributed by atoms with Gasteiger partial charge >= 0.3 is 0 Å². The number of hydrogen-bond acceptors (Lipinski definition) is 0. The smallest absolute Gasteiger partial charge is 0.00664 e. The van der Waals surface area contributed by atoms with Crippen LogP contribution in [0.4, 0.5) is 0 Å². The molecule has 0 saturated heterocycles. The minimum Gasteiger partial charge on any atom is -0.0998 e. The molecule has 1 aromatic rings. The second-order valence-electron chi connectivity index (χ2n) is 9.88. The second-order valence-corrected chi connectivity index (χ2v) is 9.88. The van der Waals surface area contributed by atoms with Crippen LogP contribution in [0, 0.1) is 0 Å². The molecule has 1 aromatic carbocycles. The molecule has 0 aliphatic carbocycles. The first-order chi connectivity index (χ1) is 13.4. The molecule has 0 unspecified atom stereocenters. The van der Waals surface area contributed by atoms with Gasteiger partial charge in [-0.25, -0.2) is 0 Å². The maximum absolute atomic E-state index is 4.41. The number of benzene rings is 1. The fraction of sp³-hybridized carbons (Fsp3) is 0.714. The fourth-order valence-electron chi connectivity index (χ4n) is 4.17. The van der Waals surface area contributed by atoms with Gasteiger partial charge in [-0.1, -0.05) is 135 Å². The first-order valence-electron chi connectivity index (χ1n) is 12.1. The quantitative estimate of drug-likeness (QED) is 0.196. The van der Waals surface area contributed by atoms with Crippen molar-refractivity contribution in [3.8, 4) is 0 Å². The van der Waals surface area contributed by atoms with E-state index < -0.39 is 0 Å². The van der Waals surface area contributed by atoms with E-state index in [0.717, 1.165) is 6.42 Å². The Hall–Kier alpha value is -1.04. The van der Waals surface area contributed by atoms with Crippen LogP contribution in [0.15, 0.2) is 36.4 Å². The van der Waals surface area contributed by atoms with E-state index in [2.05, 4.69) is 65.5 Å². The van der Waals surface area contributed by atoms with E-state index in [1.807, 2.05) is 0 Å². The van der Waals surface area contributed by atoms with E-state index in [1.54, 1.807) is 0 Å². The summed E-state index contributed by atoms with van der Waals surface area (Å²) in [6.07, 6.45) is 17.8. The van der Waals surface area contributed by atoms with E-state index in [1.165, 1.54) is 93.7 Å². The van der Waals surface area contributed by atoms with Crippen LogP contribution in [0.3, 0.4) is 0 Å². The Morgan fingerprint density at radius 2 is 1.39 bits per heavy atom. The highest BCUT2D eigenvalue weighted by atomic mass is 14.3. The lowest BCUT2D eigenvalue weighted by atomic mass is 9.77. The molecule has 0 aliphatic rings. The van der Waals surface area contributed by atoms with Crippen molar-refractivity contribution in [3.63, 3.8) is 0 Å². The normalized spacial score (nSPS) is 11.9. The van der Waals surface area contributed by atoms with E-state index >= 15 is 0 Å². The highest BCUT2D eigenvalue weighted by Gasteiger charge is 2.22. The molecular weight excluding hydrogens is 336 g/mol. The van der Waals surface area contributed by atoms with E-state index in [4.69, 9.17) is 0 Å². The molecule has 0 radical (unpaired) electrons. The molecule has 0 amide bonds. The van der Waals surface area contributed by atoms with Gasteiger partial charge in [0.1, 0.15) is 0 Å². The van der Waals surface area contributed by atoms with Crippen LogP contribution in [-0.2, 0) is 5.41 Å². The third-order valence-corrected chi connectivity index (χ3v) is 6.16. The molecule has 1 rings (SSSR count). The van der Waals surface area contributed by atoms with Crippen LogP contribution >= 0.6 is 0 Å². The van der Waals surface area contributed by atoms with Gasteiger partial charge in [0.2, 0.25) is 0 Å². The molecule has 160 valence electrons. The second kappa shape index (κ2) is 14.0. The lowest BCUT2D eigenvalue weighted by Gasteiger charge is -2.27. The van der Waals surface area contributed by atoms with Gasteiger partial charge in [-0.3, -0.25) is 0 Å². The summed E-state index contributed by atoms with van der Waals surface area (Å²) in [4.78, 5) is 0. The van der Waals surface area contributed by atoms with Crippen molar-refractivity contribution >= 4 is 0 Å². The Bertz CT molecular complexity index is 535. The Balaban J connectivity index is 2.18. The van der Waals surface area contributed by atoms with Crippen molar-refractivity contribution in [3.05, 3.63) is 47.5 Å². The van der Waals surface area contributed by atoms with Crippen molar-refractivity contribution < 1.29 is 0 Å². The van der Waals surface area contributed by atoms with Gasteiger partial charge in [-0.15, -0.1) is 0 Å². The van der Waals surface area contributed by atoms with Crippen LogP contribution in [0.25, 0.3) is 0 Å². The molecule has 0 nitrogen and oxygen atoms in total. The summed E-state index contributed by atoms with van der Waals surface area (Å²) >= 11 is 0.